The van der Waals surface area contributed by atoms with Gasteiger partial charge < -0.3 is 24.6 Å². The van der Waals surface area contributed by atoms with Crippen LogP contribution in [0, 0.1) is 5.92 Å². The van der Waals surface area contributed by atoms with E-state index in [1.165, 1.54) is 0 Å². The third kappa shape index (κ3) is 3.59. The number of halogens is 1. The first-order valence-corrected chi connectivity index (χ1v) is 8.94. The predicted molar refractivity (Wildman–Crippen MR) is 99.2 cm³/mol. The molecule has 142 valence electrons. The van der Waals surface area contributed by atoms with E-state index in [0.29, 0.717) is 44.2 Å². The van der Waals surface area contributed by atoms with Crippen LogP contribution in [0.4, 0.5) is 5.69 Å². The number of carbonyl (C=O) groups is 2. The molecular weight excluding hydrogens is 358 g/mol. The van der Waals surface area contributed by atoms with E-state index in [9.17, 15) is 9.59 Å². The summed E-state index contributed by atoms with van der Waals surface area (Å²) < 4.78 is 11.1. The molecule has 2 amide bonds. The van der Waals surface area contributed by atoms with Crippen LogP contribution in [0.25, 0.3) is 0 Å². The number of rotatable bonds is 2. The highest BCUT2D eigenvalue weighted by molar-refractivity contribution is 6.09. The summed E-state index contributed by atoms with van der Waals surface area (Å²) in [6.45, 7) is 4.71. The fourth-order valence-electron chi connectivity index (χ4n) is 3.65. The van der Waals surface area contributed by atoms with Gasteiger partial charge in [0, 0.05) is 37.9 Å². The van der Waals surface area contributed by atoms with Gasteiger partial charge in [0.25, 0.3) is 0 Å². The van der Waals surface area contributed by atoms with Crippen molar-refractivity contribution in [1.82, 2.24) is 10.2 Å². The van der Waals surface area contributed by atoms with Crippen LogP contribution in [0.1, 0.15) is 12.8 Å². The number of carbonyl (C=O) groups excluding carboxylic acids is 2. The lowest BCUT2D eigenvalue weighted by Gasteiger charge is -2.24. The highest BCUT2D eigenvalue weighted by atomic mass is 35.5. The number of nitrogens with zero attached hydrogens (tertiary/aromatic N) is 2. The summed E-state index contributed by atoms with van der Waals surface area (Å²) in [6, 6.07) is 5.51. The van der Waals surface area contributed by atoms with E-state index < -0.39 is 5.92 Å². The Morgan fingerprint density at radius 2 is 1.88 bits per heavy atom. The number of benzene rings is 1. The molecule has 0 aliphatic carbocycles. The number of nitrogens with one attached hydrogen (secondary N) is 1. The van der Waals surface area contributed by atoms with Crippen molar-refractivity contribution in [3.8, 4) is 11.5 Å². The summed E-state index contributed by atoms with van der Waals surface area (Å²) in [4.78, 5) is 29.1. The van der Waals surface area contributed by atoms with Crippen LogP contribution in [0.5, 0.6) is 11.5 Å². The molecule has 3 heterocycles. The summed E-state index contributed by atoms with van der Waals surface area (Å²) >= 11 is 0. The molecule has 0 aromatic heterocycles. The Kier molecular flexibility index (Phi) is 5.88. The van der Waals surface area contributed by atoms with Gasteiger partial charge in [0.1, 0.15) is 19.1 Å². The number of amides is 2. The quantitative estimate of drug-likeness (QED) is 0.775. The fraction of sp³-hybridized carbons (Fsp3) is 0.556. The zero-order chi connectivity index (χ0) is 17.2. The van der Waals surface area contributed by atoms with Gasteiger partial charge in [-0.1, -0.05) is 0 Å². The van der Waals surface area contributed by atoms with Crippen LogP contribution in [-0.2, 0) is 9.59 Å². The molecule has 26 heavy (non-hydrogen) atoms. The topological polar surface area (TPSA) is 71.1 Å². The Balaban J connectivity index is 0.00000196. The maximum absolute atomic E-state index is 12.8. The largest absolute Gasteiger partial charge is 0.486 e. The van der Waals surface area contributed by atoms with Gasteiger partial charge in [0.05, 0.1) is 0 Å². The molecule has 1 atom stereocenters. The van der Waals surface area contributed by atoms with E-state index in [1.807, 2.05) is 23.1 Å². The Morgan fingerprint density at radius 1 is 1.08 bits per heavy atom. The number of fused-ring (bicyclic) bond motifs is 1. The van der Waals surface area contributed by atoms with E-state index >= 15 is 0 Å². The average Bonchev–Trinajstić information content (AvgIpc) is 2.85. The zero-order valence-corrected chi connectivity index (χ0v) is 15.4. The SMILES string of the molecule is Cl.O=C(C1CCN(c2ccc3c(c2)OCCO3)C1=O)N1CCCNCC1. The van der Waals surface area contributed by atoms with Gasteiger partial charge >= 0.3 is 0 Å². The summed E-state index contributed by atoms with van der Waals surface area (Å²) in [5.41, 5.74) is 0.766. The Morgan fingerprint density at radius 3 is 2.73 bits per heavy atom. The van der Waals surface area contributed by atoms with Gasteiger partial charge in [-0.2, -0.15) is 0 Å². The highest BCUT2D eigenvalue weighted by Gasteiger charge is 2.40. The van der Waals surface area contributed by atoms with Crippen molar-refractivity contribution in [1.29, 1.82) is 0 Å². The van der Waals surface area contributed by atoms with Crippen LogP contribution < -0.4 is 19.7 Å². The van der Waals surface area contributed by atoms with E-state index in [0.717, 1.165) is 31.7 Å². The Hall–Kier alpha value is -1.99. The van der Waals surface area contributed by atoms with Gasteiger partial charge in [-0.25, -0.2) is 0 Å². The first kappa shape index (κ1) is 18.8. The van der Waals surface area contributed by atoms with Crippen LogP contribution >= 0.6 is 12.4 Å². The third-order valence-corrected chi connectivity index (χ3v) is 4.99. The van der Waals surface area contributed by atoms with Crippen molar-refractivity contribution in [2.24, 2.45) is 5.92 Å². The fourth-order valence-corrected chi connectivity index (χ4v) is 3.65. The molecule has 4 rings (SSSR count). The molecule has 3 aliphatic heterocycles. The molecule has 7 nitrogen and oxygen atoms in total. The van der Waals surface area contributed by atoms with Gasteiger partial charge in [-0.05, 0) is 31.5 Å². The van der Waals surface area contributed by atoms with Crippen molar-refractivity contribution in [2.75, 3.05) is 50.8 Å². The first-order valence-electron chi connectivity index (χ1n) is 8.94. The van der Waals surface area contributed by atoms with Gasteiger partial charge in [0.15, 0.2) is 11.5 Å². The van der Waals surface area contributed by atoms with Crippen LogP contribution in [0.3, 0.4) is 0 Å². The second-order valence-electron chi connectivity index (χ2n) is 6.59. The molecule has 0 spiro atoms. The van der Waals surface area contributed by atoms with Crippen molar-refractivity contribution in [3.63, 3.8) is 0 Å². The van der Waals surface area contributed by atoms with Crippen molar-refractivity contribution >= 4 is 29.9 Å². The monoisotopic (exact) mass is 381 g/mol. The highest BCUT2D eigenvalue weighted by Crippen LogP contribution is 2.36. The molecule has 8 heteroatoms. The number of hydrogen-bond donors (Lipinski definition) is 1. The third-order valence-electron chi connectivity index (χ3n) is 4.99. The van der Waals surface area contributed by atoms with Crippen molar-refractivity contribution < 1.29 is 19.1 Å². The predicted octanol–water partition coefficient (Wildman–Crippen LogP) is 1.05. The number of anilines is 1. The second kappa shape index (κ2) is 8.14. The Labute approximate surface area is 159 Å². The van der Waals surface area contributed by atoms with Gasteiger partial charge in [-0.3, -0.25) is 9.59 Å². The molecule has 2 fully saturated rings. The van der Waals surface area contributed by atoms with Crippen LogP contribution in [0.15, 0.2) is 18.2 Å². The molecular formula is C18H24ClN3O4. The normalized spacial score (nSPS) is 22.6. The molecule has 0 saturated carbocycles. The summed E-state index contributed by atoms with van der Waals surface area (Å²) in [6.07, 6.45) is 1.49. The molecule has 3 aliphatic rings. The zero-order valence-electron chi connectivity index (χ0n) is 14.6. The molecule has 1 aromatic carbocycles. The lowest BCUT2D eigenvalue weighted by atomic mass is 10.1. The molecule has 2 saturated heterocycles. The van der Waals surface area contributed by atoms with E-state index in [1.54, 1.807) is 4.90 Å². The minimum Gasteiger partial charge on any atom is -0.486 e. The summed E-state index contributed by atoms with van der Waals surface area (Å²) in [7, 11) is 0. The lowest BCUT2D eigenvalue weighted by molar-refractivity contribution is -0.139. The molecule has 0 bridgehead atoms. The average molecular weight is 382 g/mol. The minimum absolute atomic E-state index is 0. The smallest absolute Gasteiger partial charge is 0.239 e. The summed E-state index contributed by atoms with van der Waals surface area (Å²) in [5.74, 6) is 0.648. The summed E-state index contributed by atoms with van der Waals surface area (Å²) in [5, 5.41) is 3.28. The van der Waals surface area contributed by atoms with Gasteiger partial charge in [0.2, 0.25) is 11.8 Å². The van der Waals surface area contributed by atoms with Crippen molar-refractivity contribution in [2.45, 2.75) is 12.8 Å². The molecule has 0 radical (unpaired) electrons. The standard InChI is InChI=1S/C18H23N3O4.ClH/c22-17(20-7-1-5-19-6-9-20)14-4-8-21(18(14)23)13-2-3-15-16(12-13)25-11-10-24-15;/h2-3,12,14,19H,1,4-11H2;1H. The maximum atomic E-state index is 12.8. The van der Waals surface area contributed by atoms with Gasteiger partial charge in [-0.15, -0.1) is 12.4 Å². The molecule has 1 N–H and O–H groups in total. The Bertz CT molecular complexity index is 676. The first-order chi connectivity index (χ1) is 12.2. The van der Waals surface area contributed by atoms with Crippen LogP contribution in [0.2, 0.25) is 0 Å². The second-order valence-corrected chi connectivity index (χ2v) is 6.59. The minimum atomic E-state index is -0.564. The van der Waals surface area contributed by atoms with E-state index in [-0.39, 0.29) is 24.2 Å². The number of hydrogen-bond acceptors (Lipinski definition) is 5. The van der Waals surface area contributed by atoms with E-state index in [4.69, 9.17) is 9.47 Å². The molecule has 1 unspecified atom stereocenters. The number of ether oxygens (including phenoxy) is 2. The van der Waals surface area contributed by atoms with Crippen molar-refractivity contribution in [3.05, 3.63) is 18.2 Å². The maximum Gasteiger partial charge on any atom is 0.239 e. The van der Waals surface area contributed by atoms with E-state index in [2.05, 4.69) is 5.32 Å². The lowest BCUT2D eigenvalue weighted by Crippen LogP contribution is -2.41. The van der Waals surface area contributed by atoms with Crippen LogP contribution in [-0.4, -0.2) is 62.7 Å². The molecule has 1 aromatic rings.